The minimum atomic E-state index is -0.879. The van der Waals surface area contributed by atoms with Gasteiger partial charge in [0.1, 0.15) is 0 Å². The lowest BCUT2D eigenvalue weighted by Crippen LogP contribution is -2.36. The predicted molar refractivity (Wildman–Crippen MR) is 94.0 cm³/mol. The van der Waals surface area contributed by atoms with E-state index in [4.69, 9.17) is 0 Å². The SMILES string of the molecule is Cc1sc(NC(=O)[C@@H]2CCCC[C@H]2C(=O)O)nc1-c1ccccc1. The number of carboxylic acids is 1. The molecule has 0 saturated heterocycles. The Morgan fingerprint density at radius 3 is 2.50 bits per heavy atom. The minimum absolute atomic E-state index is 0.226. The molecule has 1 aromatic carbocycles. The van der Waals surface area contributed by atoms with Gasteiger partial charge in [-0.1, -0.05) is 43.2 Å². The smallest absolute Gasteiger partial charge is 0.307 e. The molecule has 1 heterocycles. The maximum absolute atomic E-state index is 12.5. The molecule has 126 valence electrons. The Morgan fingerprint density at radius 1 is 1.17 bits per heavy atom. The first-order valence-electron chi connectivity index (χ1n) is 8.13. The zero-order valence-corrected chi connectivity index (χ0v) is 14.3. The number of carboxylic acid groups (broad SMARTS) is 1. The van der Waals surface area contributed by atoms with E-state index in [0.717, 1.165) is 29.0 Å². The fourth-order valence-corrected chi connectivity index (χ4v) is 4.09. The molecule has 3 rings (SSSR count). The van der Waals surface area contributed by atoms with Gasteiger partial charge in [0.05, 0.1) is 17.5 Å². The molecule has 0 bridgehead atoms. The van der Waals surface area contributed by atoms with Gasteiger partial charge in [-0.2, -0.15) is 0 Å². The molecular formula is C18H20N2O3S. The number of rotatable bonds is 4. The summed E-state index contributed by atoms with van der Waals surface area (Å²) in [4.78, 5) is 29.5. The van der Waals surface area contributed by atoms with Gasteiger partial charge in [0.25, 0.3) is 0 Å². The van der Waals surface area contributed by atoms with E-state index in [0.29, 0.717) is 18.0 Å². The number of benzene rings is 1. The molecule has 0 radical (unpaired) electrons. The van der Waals surface area contributed by atoms with E-state index in [-0.39, 0.29) is 5.91 Å². The Morgan fingerprint density at radius 2 is 1.83 bits per heavy atom. The van der Waals surface area contributed by atoms with E-state index < -0.39 is 17.8 Å². The van der Waals surface area contributed by atoms with Crippen molar-refractivity contribution < 1.29 is 14.7 Å². The van der Waals surface area contributed by atoms with Gasteiger partial charge in [0, 0.05) is 10.4 Å². The van der Waals surface area contributed by atoms with Gasteiger partial charge in [-0.3, -0.25) is 9.59 Å². The topological polar surface area (TPSA) is 79.3 Å². The summed E-state index contributed by atoms with van der Waals surface area (Å²) in [6.07, 6.45) is 2.96. The molecule has 1 aromatic heterocycles. The van der Waals surface area contributed by atoms with Crippen molar-refractivity contribution in [2.24, 2.45) is 11.8 Å². The van der Waals surface area contributed by atoms with Crippen molar-refractivity contribution in [2.45, 2.75) is 32.6 Å². The first kappa shape index (κ1) is 16.6. The van der Waals surface area contributed by atoms with Crippen molar-refractivity contribution in [3.05, 3.63) is 35.2 Å². The van der Waals surface area contributed by atoms with Gasteiger partial charge >= 0.3 is 5.97 Å². The van der Waals surface area contributed by atoms with E-state index in [9.17, 15) is 14.7 Å². The van der Waals surface area contributed by atoms with Crippen LogP contribution in [0.5, 0.6) is 0 Å². The lowest BCUT2D eigenvalue weighted by molar-refractivity contribution is -0.147. The van der Waals surface area contributed by atoms with E-state index in [1.165, 1.54) is 11.3 Å². The Kier molecular flexibility index (Phi) is 4.94. The summed E-state index contributed by atoms with van der Waals surface area (Å²) < 4.78 is 0. The third kappa shape index (κ3) is 3.48. The van der Waals surface area contributed by atoms with Crippen LogP contribution in [-0.2, 0) is 9.59 Å². The normalized spacial score (nSPS) is 20.5. The zero-order chi connectivity index (χ0) is 17.1. The van der Waals surface area contributed by atoms with Crippen LogP contribution < -0.4 is 5.32 Å². The van der Waals surface area contributed by atoms with Crippen LogP contribution in [0.1, 0.15) is 30.6 Å². The van der Waals surface area contributed by atoms with Crippen LogP contribution in [0.25, 0.3) is 11.3 Å². The van der Waals surface area contributed by atoms with Gasteiger partial charge in [0.15, 0.2) is 5.13 Å². The number of carbonyl (C=O) groups excluding carboxylic acids is 1. The Labute approximate surface area is 144 Å². The standard InChI is InChI=1S/C18H20N2O3S/c1-11-15(12-7-3-2-4-8-12)19-18(24-11)20-16(21)13-9-5-6-10-14(13)17(22)23/h2-4,7-8,13-14H,5-6,9-10H2,1H3,(H,22,23)(H,19,20,21)/t13-,14-/m1/s1. The van der Waals surface area contributed by atoms with Crippen LogP contribution in [-0.4, -0.2) is 22.0 Å². The molecule has 0 aliphatic heterocycles. The minimum Gasteiger partial charge on any atom is -0.481 e. The molecule has 1 saturated carbocycles. The van der Waals surface area contributed by atoms with Crippen molar-refractivity contribution in [1.29, 1.82) is 0 Å². The monoisotopic (exact) mass is 344 g/mol. The number of aliphatic carboxylic acids is 1. The second-order valence-electron chi connectivity index (χ2n) is 6.11. The van der Waals surface area contributed by atoms with E-state index in [1.54, 1.807) is 0 Å². The summed E-state index contributed by atoms with van der Waals surface area (Å²) in [5.74, 6) is -2.17. The number of nitrogens with one attached hydrogen (secondary N) is 1. The third-order valence-electron chi connectivity index (χ3n) is 4.49. The average molecular weight is 344 g/mol. The fourth-order valence-electron chi connectivity index (χ4n) is 3.25. The molecule has 2 atom stereocenters. The average Bonchev–Trinajstić information content (AvgIpc) is 2.96. The highest BCUT2D eigenvalue weighted by Gasteiger charge is 2.36. The first-order chi connectivity index (χ1) is 11.6. The molecule has 1 aliphatic rings. The third-order valence-corrected chi connectivity index (χ3v) is 5.38. The van der Waals surface area contributed by atoms with E-state index in [1.807, 2.05) is 37.3 Å². The van der Waals surface area contributed by atoms with Crippen molar-refractivity contribution >= 4 is 28.3 Å². The van der Waals surface area contributed by atoms with Crippen molar-refractivity contribution in [3.63, 3.8) is 0 Å². The number of hydrogen-bond donors (Lipinski definition) is 2. The van der Waals surface area contributed by atoms with Crippen molar-refractivity contribution in [2.75, 3.05) is 5.32 Å². The molecule has 2 aromatic rings. The second kappa shape index (κ2) is 7.13. The van der Waals surface area contributed by atoms with Crippen LogP contribution >= 0.6 is 11.3 Å². The maximum atomic E-state index is 12.5. The lowest BCUT2D eigenvalue weighted by Gasteiger charge is -2.26. The largest absolute Gasteiger partial charge is 0.481 e. The van der Waals surface area contributed by atoms with Crippen LogP contribution in [0.2, 0.25) is 0 Å². The van der Waals surface area contributed by atoms with Crippen LogP contribution in [0.3, 0.4) is 0 Å². The number of aryl methyl sites for hydroxylation is 1. The number of thiazole rings is 1. The Balaban J connectivity index is 1.76. The zero-order valence-electron chi connectivity index (χ0n) is 13.5. The van der Waals surface area contributed by atoms with E-state index >= 15 is 0 Å². The lowest BCUT2D eigenvalue weighted by atomic mass is 9.79. The fraction of sp³-hybridized carbons (Fsp3) is 0.389. The van der Waals surface area contributed by atoms with Crippen LogP contribution in [0.15, 0.2) is 30.3 Å². The highest BCUT2D eigenvalue weighted by molar-refractivity contribution is 7.16. The second-order valence-corrected chi connectivity index (χ2v) is 7.32. The summed E-state index contributed by atoms with van der Waals surface area (Å²) in [5, 5.41) is 12.7. The van der Waals surface area contributed by atoms with Gasteiger partial charge in [-0.25, -0.2) is 4.98 Å². The molecule has 0 unspecified atom stereocenters. The Hall–Kier alpha value is -2.21. The van der Waals surface area contributed by atoms with Crippen LogP contribution in [0, 0.1) is 18.8 Å². The molecule has 6 heteroatoms. The molecule has 0 spiro atoms. The molecule has 2 N–H and O–H groups in total. The summed E-state index contributed by atoms with van der Waals surface area (Å²) >= 11 is 1.42. The predicted octanol–water partition coefficient (Wildman–Crippen LogP) is 3.95. The first-order valence-corrected chi connectivity index (χ1v) is 8.94. The van der Waals surface area contributed by atoms with Gasteiger partial charge < -0.3 is 10.4 Å². The molecule has 1 aliphatic carbocycles. The van der Waals surface area contributed by atoms with Crippen molar-refractivity contribution in [3.8, 4) is 11.3 Å². The summed E-state index contributed by atoms with van der Waals surface area (Å²) in [6.45, 7) is 1.97. The van der Waals surface area contributed by atoms with Crippen molar-refractivity contribution in [1.82, 2.24) is 4.98 Å². The van der Waals surface area contributed by atoms with E-state index in [2.05, 4.69) is 10.3 Å². The molecule has 24 heavy (non-hydrogen) atoms. The van der Waals surface area contributed by atoms with Gasteiger partial charge in [-0.15, -0.1) is 11.3 Å². The molecule has 1 amide bonds. The van der Waals surface area contributed by atoms with Gasteiger partial charge in [0.2, 0.25) is 5.91 Å². The number of aromatic nitrogens is 1. The number of anilines is 1. The molecule has 1 fully saturated rings. The highest BCUT2D eigenvalue weighted by atomic mass is 32.1. The molecule has 5 nitrogen and oxygen atoms in total. The maximum Gasteiger partial charge on any atom is 0.307 e. The summed E-state index contributed by atoms with van der Waals surface area (Å²) in [7, 11) is 0. The van der Waals surface area contributed by atoms with Crippen LogP contribution in [0.4, 0.5) is 5.13 Å². The number of nitrogens with zero attached hydrogens (tertiary/aromatic N) is 1. The highest BCUT2D eigenvalue weighted by Crippen LogP contribution is 2.33. The quantitative estimate of drug-likeness (QED) is 0.880. The Bertz CT molecular complexity index is 742. The number of carbonyl (C=O) groups is 2. The number of hydrogen-bond acceptors (Lipinski definition) is 4. The summed E-state index contributed by atoms with van der Waals surface area (Å²) in [6, 6.07) is 9.81. The number of amides is 1. The van der Waals surface area contributed by atoms with Gasteiger partial charge in [-0.05, 0) is 19.8 Å². The summed E-state index contributed by atoms with van der Waals surface area (Å²) in [5.41, 5.74) is 1.86. The molecular weight excluding hydrogens is 324 g/mol.